The summed E-state index contributed by atoms with van der Waals surface area (Å²) < 4.78 is 5.30. The summed E-state index contributed by atoms with van der Waals surface area (Å²) in [5.74, 6) is -1.20. The summed E-state index contributed by atoms with van der Waals surface area (Å²) >= 11 is 0. The zero-order valence-corrected chi connectivity index (χ0v) is 13.4. The number of imide groups is 1. The Hall–Kier alpha value is -2.24. The van der Waals surface area contributed by atoms with Crippen LogP contribution in [-0.2, 0) is 4.74 Å². The fraction of sp³-hybridized carbons (Fsp3) is 0.500. The number of phenolic OH excluding ortho intramolecular Hbond substituents is 2. The van der Waals surface area contributed by atoms with Crippen molar-refractivity contribution < 1.29 is 24.5 Å². The molecular formula is C16H21NO5. The van der Waals surface area contributed by atoms with Gasteiger partial charge in [0.1, 0.15) is 17.1 Å². The maximum atomic E-state index is 12.6. The molecule has 0 fully saturated rings. The first kappa shape index (κ1) is 16.1. The van der Waals surface area contributed by atoms with Gasteiger partial charge in [-0.2, -0.15) is 0 Å². The lowest BCUT2D eigenvalue weighted by molar-refractivity contribution is 0.0152. The number of carbonyl (C=O) groups excluding carboxylic acids is 2. The zero-order valence-electron chi connectivity index (χ0n) is 13.4. The molecule has 6 heteroatoms. The number of aromatic hydroxyl groups is 2. The highest BCUT2D eigenvalue weighted by molar-refractivity contribution is 6.09. The largest absolute Gasteiger partial charge is 0.508 e. The number of amides is 2. The van der Waals surface area contributed by atoms with Crippen LogP contribution in [0.4, 0.5) is 4.79 Å². The summed E-state index contributed by atoms with van der Waals surface area (Å²) in [5, 5.41) is 19.6. The molecule has 0 aromatic heterocycles. The average molecular weight is 307 g/mol. The highest BCUT2D eigenvalue weighted by Gasteiger charge is 2.45. The molecule has 1 atom stereocenters. The van der Waals surface area contributed by atoms with Crippen molar-refractivity contribution in [2.75, 3.05) is 0 Å². The van der Waals surface area contributed by atoms with Crippen LogP contribution < -0.4 is 0 Å². The Kier molecular flexibility index (Phi) is 3.81. The molecule has 6 nitrogen and oxygen atoms in total. The maximum absolute atomic E-state index is 12.6. The van der Waals surface area contributed by atoms with Crippen LogP contribution >= 0.6 is 0 Å². The van der Waals surface area contributed by atoms with Crippen LogP contribution in [0.15, 0.2) is 12.1 Å². The van der Waals surface area contributed by atoms with Gasteiger partial charge >= 0.3 is 6.09 Å². The quantitative estimate of drug-likeness (QED) is 0.832. The number of fused-ring (bicyclic) bond motifs is 1. The van der Waals surface area contributed by atoms with Crippen LogP contribution in [0.3, 0.4) is 0 Å². The van der Waals surface area contributed by atoms with E-state index in [1.54, 1.807) is 20.8 Å². The minimum atomic E-state index is -0.758. The summed E-state index contributed by atoms with van der Waals surface area (Å²) in [7, 11) is 0. The van der Waals surface area contributed by atoms with E-state index >= 15 is 0 Å². The third kappa shape index (κ3) is 2.73. The van der Waals surface area contributed by atoms with Crippen LogP contribution in [0.25, 0.3) is 0 Å². The van der Waals surface area contributed by atoms with Crippen molar-refractivity contribution >= 4 is 12.0 Å². The number of ether oxygens (including phenoxy) is 1. The Balaban J connectivity index is 2.51. The molecule has 0 bridgehead atoms. The van der Waals surface area contributed by atoms with Crippen molar-refractivity contribution in [1.29, 1.82) is 0 Å². The highest BCUT2D eigenvalue weighted by atomic mass is 16.6. The smallest absolute Gasteiger partial charge is 0.417 e. The van der Waals surface area contributed by atoms with Gasteiger partial charge in [0.2, 0.25) is 0 Å². The number of carbonyl (C=O) groups is 2. The average Bonchev–Trinajstić information content (AvgIpc) is 2.59. The summed E-state index contributed by atoms with van der Waals surface area (Å²) in [4.78, 5) is 26.0. The Labute approximate surface area is 129 Å². The summed E-state index contributed by atoms with van der Waals surface area (Å²) in [5.41, 5.74) is -0.261. The van der Waals surface area contributed by atoms with Gasteiger partial charge < -0.3 is 14.9 Å². The Bertz CT molecular complexity index is 630. The van der Waals surface area contributed by atoms with Gasteiger partial charge in [-0.05, 0) is 38.3 Å². The van der Waals surface area contributed by atoms with Crippen LogP contribution in [-0.4, -0.2) is 32.7 Å². The lowest BCUT2D eigenvalue weighted by Gasteiger charge is -2.29. The molecule has 120 valence electrons. The first-order valence-electron chi connectivity index (χ1n) is 7.15. The van der Waals surface area contributed by atoms with E-state index in [1.807, 2.05) is 13.8 Å². The zero-order chi connectivity index (χ0) is 16.8. The number of rotatable bonds is 1. The molecular weight excluding hydrogens is 286 g/mol. The summed E-state index contributed by atoms with van der Waals surface area (Å²) in [6.45, 7) is 8.85. The number of benzene rings is 1. The third-order valence-electron chi connectivity index (χ3n) is 3.38. The molecule has 0 saturated carbocycles. The number of nitrogens with zero attached hydrogens (tertiary/aromatic N) is 1. The number of phenols is 2. The molecule has 1 heterocycles. The van der Waals surface area contributed by atoms with Crippen molar-refractivity contribution in [3.63, 3.8) is 0 Å². The van der Waals surface area contributed by atoms with Crippen molar-refractivity contribution in [2.45, 2.75) is 46.3 Å². The van der Waals surface area contributed by atoms with Crippen LogP contribution in [0.5, 0.6) is 11.5 Å². The molecule has 1 aliphatic heterocycles. The van der Waals surface area contributed by atoms with Crippen molar-refractivity contribution in [2.24, 2.45) is 5.92 Å². The normalized spacial score (nSPS) is 17.8. The SMILES string of the molecule is CC(C)[C@H]1c2cc(O)cc(O)c2C(=O)N1C(=O)OC(C)(C)C. The molecule has 0 radical (unpaired) electrons. The standard InChI is InChI=1S/C16H21NO5/c1-8(2)13-10-6-9(18)7-11(19)12(10)14(20)17(13)15(21)22-16(3,4)5/h6-8,13,18-19H,1-5H3/t13-/m0/s1. The van der Waals surface area contributed by atoms with E-state index in [0.717, 1.165) is 11.0 Å². The second kappa shape index (κ2) is 5.19. The monoisotopic (exact) mass is 307 g/mol. The van der Waals surface area contributed by atoms with Gasteiger partial charge in [0.25, 0.3) is 5.91 Å². The van der Waals surface area contributed by atoms with Gasteiger partial charge in [-0.3, -0.25) is 4.79 Å². The highest BCUT2D eigenvalue weighted by Crippen LogP contribution is 2.44. The predicted octanol–water partition coefficient (Wildman–Crippen LogP) is 3.19. The lowest BCUT2D eigenvalue weighted by atomic mass is 9.95. The second-order valence-corrected chi connectivity index (χ2v) is 6.77. The Morgan fingerprint density at radius 3 is 2.36 bits per heavy atom. The van der Waals surface area contributed by atoms with Crippen LogP contribution in [0.1, 0.15) is 56.6 Å². The molecule has 0 saturated heterocycles. The first-order chi connectivity index (χ1) is 10.0. The van der Waals surface area contributed by atoms with E-state index in [9.17, 15) is 19.8 Å². The molecule has 0 aliphatic carbocycles. The van der Waals surface area contributed by atoms with Crippen LogP contribution in [0, 0.1) is 5.92 Å². The second-order valence-electron chi connectivity index (χ2n) is 6.77. The molecule has 1 aromatic rings. The van der Waals surface area contributed by atoms with Crippen molar-refractivity contribution in [3.05, 3.63) is 23.3 Å². The van der Waals surface area contributed by atoms with Gasteiger partial charge in [-0.1, -0.05) is 13.8 Å². The molecule has 0 unspecified atom stereocenters. The van der Waals surface area contributed by atoms with E-state index in [4.69, 9.17) is 4.74 Å². The minimum absolute atomic E-state index is 0.0439. The van der Waals surface area contributed by atoms with Crippen molar-refractivity contribution in [3.8, 4) is 11.5 Å². The summed E-state index contributed by atoms with van der Waals surface area (Å²) in [6.07, 6.45) is -0.758. The topological polar surface area (TPSA) is 87.1 Å². The van der Waals surface area contributed by atoms with Gasteiger partial charge in [0.05, 0.1) is 11.6 Å². The van der Waals surface area contributed by atoms with Gasteiger partial charge in [-0.25, -0.2) is 9.69 Å². The molecule has 0 spiro atoms. The molecule has 2 N–H and O–H groups in total. The fourth-order valence-corrected chi connectivity index (χ4v) is 2.65. The van der Waals surface area contributed by atoms with E-state index in [-0.39, 0.29) is 23.0 Å². The molecule has 2 amide bonds. The van der Waals surface area contributed by atoms with Gasteiger partial charge in [-0.15, -0.1) is 0 Å². The van der Waals surface area contributed by atoms with E-state index in [2.05, 4.69) is 0 Å². The molecule has 1 aromatic carbocycles. The lowest BCUT2D eigenvalue weighted by Crippen LogP contribution is -2.40. The Morgan fingerprint density at radius 1 is 1.27 bits per heavy atom. The molecule has 2 rings (SSSR count). The van der Waals surface area contributed by atoms with E-state index in [1.165, 1.54) is 6.07 Å². The van der Waals surface area contributed by atoms with Gasteiger partial charge in [0.15, 0.2) is 0 Å². The third-order valence-corrected chi connectivity index (χ3v) is 3.38. The maximum Gasteiger partial charge on any atom is 0.417 e. The van der Waals surface area contributed by atoms with E-state index in [0.29, 0.717) is 5.56 Å². The number of hydrogen-bond donors (Lipinski definition) is 2. The first-order valence-corrected chi connectivity index (χ1v) is 7.15. The molecule has 22 heavy (non-hydrogen) atoms. The molecule has 1 aliphatic rings. The predicted molar refractivity (Wildman–Crippen MR) is 79.8 cm³/mol. The van der Waals surface area contributed by atoms with Crippen LogP contribution in [0.2, 0.25) is 0 Å². The number of hydrogen-bond acceptors (Lipinski definition) is 5. The van der Waals surface area contributed by atoms with E-state index < -0.39 is 23.6 Å². The summed E-state index contributed by atoms with van der Waals surface area (Å²) in [6, 6.07) is 1.91. The minimum Gasteiger partial charge on any atom is -0.508 e. The fourth-order valence-electron chi connectivity index (χ4n) is 2.65. The Morgan fingerprint density at radius 2 is 1.86 bits per heavy atom. The van der Waals surface area contributed by atoms with Gasteiger partial charge in [0, 0.05) is 6.07 Å². The van der Waals surface area contributed by atoms with Crippen molar-refractivity contribution in [1.82, 2.24) is 4.90 Å².